The Bertz CT molecular complexity index is 575. The molecule has 0 aliphatic heterocycles. The molecule has 84 valence electrons. The predicted molar refractivity (Wildman–Crippen MR) is 63.1 cm³/mol. The summed E-state index contributed by atoms with van der Waals surface area (Å²) >= 11 is 3.16. The molecule has 0 spiro atoms. The van der Waals surface area contributed by atoms with Crippen molar-refractivity contribution in [1.29, 1.82) is 5.26 Å². The van der Waals surface area contributed by atoms with E-state index in [0.717, 1.165) is 0 Å². The third kappa shape index (κ3) is 2.80. The number of nitrogens with zero attached hydrogens (tertiary/aromatic N) is 2. The summed E-state index contributed by atoms with van der Waals surface area (Å²) in [5.74, 6) is 0.186. The van der Waals surface area contributed by atoms with E-state index in [1.165, 1.54) is 30.6 Å². The molecule has 17 heavy (non-hydrogen) atoms. The largest absolute Gasteiger partial charge is 0.454 e. The second kappa shape index (κ2) is 4.93. The molecule has 0 unspecified atom stereocenters. The summed E-state index contributed by atoms with van der Waals surface area (Å²) in [7, 11) is 0. The number of hydrogen-bond acceptors (Lipinski definition) is 3. The number of halogens is 2. The van der Waals surface area contributed by atoms with Crippen LogP contribution in [0, 0.1) is 17.1 Å². The van der Waals surface area contributed by atoms with Crippen LogP contribution in [-0.4, -0.2) is 4.98 Å². The average molecular weight is 293 g/mol. The Morgan fingerprint density at radius 3 is 2.88 bits per heavy atom. The van der Waals surface area contributed by atoms with Crippen LogP contribution in [-0.2, 0) is 0 Å². The van der Waals surface area contributed by atoms with Crippen LogP contribution in [0.5, 0.6) is 11.5 Å². The van der Waals surface area contributed by atoms with E-state index < -0.39 is 5.82 Å². The molecule has 2 rings (SSSR count). The number of aromatic nitrogens is 1. The lowest BCUT2D eigenvalue weighted by atomic mass is 10.2. The highest BCUT2D eigenvalue weighted by molar-refractivity contribution is 9.10. The van der Waals surface area contributed by atoms with Crippen molar-refractivity contribution in [2.75, 3.05) is 0 Å². The van der Waals surface area contributed by atoms with Gasteiger partial charge < -0.3 is 4.74 Å². The zero-order valence-electron chi connectivity index (χ0n) is 8.52. The van der Waals surface area contributed by atoms with Gasteiger partial charge in [-0.05, 0) is 18.2 Å². The maximum atomic E-state index is 13.1. The van der Waals surface area contributed by atoms with Crippen molar-refractivity contribution in [2.24, 2.45) is 0 Å². The van der Waals surface area contributed by atoms with Gasteiger partial charge in [-0.3, -0.25) is 4.98 Å². The van der Waals surface area contributed by atoms with Crippen LogP contribution in [0.25, 0.3) is 0 Å². The quantitative estimate of drug-likeness (QED) is 0.849. The first kappa shape index (κ1) is 11.6. The fourth-order valence-electron chi connectivity index (χ4n) is 1.27. The van der Waals surface area contributed by atoms with Crippen LogP contribution in [0.4, 0.5) is 4.39 Å². The zero-order chi connectivity index (χ0) is 12.3. The molecule has 1 heterocycles. The molecule has 0 amide bonds. The molecule has 0 bridgehead atoms. The molecule has 3 nitrogen and oxygen atoms in total. The normalized spacial score (nSPS) is 9.71. The highest BCUT2D eigenvalue weighted by atomic mass is 79.9. The van der Waals surface area contributed by atoms with Crippen molar-refractivity contribution in [3.05, 3.63) is 52.5 Å². The van der Waals surface area contributed by atoms with Crippen molar-refractivity contribution >= 4 is 15.9 Å². The second-order valence-electron chi connectivity index (χ2n) is 3.19. The summed E-state index contributed by atoms with van der Waals surface area (Å²) in [6, 6.07) is 7.67. The zero-order valence-corrected chi connectivity index (χ0v) is 10.1. The maximum Gasteiger partial charge on any atom is 0.163 e. The molecular formula is C12H6BrFN2O. The van der Waals surface area contributed by atoms with Crippen molar-refractivity contribution in [1.82, 2.24) is 4.98 Å². The van der Waals surface area contributed by atoms with Crippen LogP contribution < -0.4 is 4.74 Å². The average Bonchev–Trinajstić information content (AvgIpc) is 2.28. The number of ether oxygens (including phenoxy) is 1. The number of hydrogen-bond donors (Lipinski definition) is 0. The molecule has 0 aliphatic rings. The van der Waals surface area contributed by atoms with E-state index in [4.69, 9.17) is 10.00 Å². The van der Waals surface area contributed by atoms with Gasteiger partial charge >= 0.3 is 0 Å². The second-order valence-corrected chi connectivity index (χ2v) is 4.11. The van der Waals surface area contributed by atoms with E-state index in [1.807, 2.05) is 6.07 Å². The first-order valence-corrected chi connectivity index (χ1v) is 5.46. The summed E-state index contributed by atoms with van der Waals surface area (Å²) in [4.78, 5) is 3.85. The van der Waals surface area contributed by atoms with Crippen LogP contribution >= 0.6 is 15.9 Å². The van der Waals surface area contributed by atoms with E-state index in [2.05, 4.69) is 20.9 Å². The van der Waals surface area contributed by atoms with Gasteiger partial charge in [-0.1, -0.05) is 15.9 Å². The number of rotatable bonds is 2. The lowest BCUT2D eigenvalue weighted by Crippen LogP contribution is -1.90. The first-order valence-electron chi connectivity index (χ1n) is 4.67. The van der Waals surface area contributed by atoms with Crippen LogP contribution in [0.1, 0.15) is 5.56 Å². The van der Waals surface area contributed by atoms with Gasteiger partial charge in [0.1, 0.15) is 17.6 Å². The van der Waals surface area contributed by atoms with Crippen LogP contribution in [0.3, 0.4) is 0 Å². The summed E-state index contributed by atoms with van der Waals surface area (Å²) in [5.41, 5.74) is 0.348. The lowest BCUT2D eigenvalue weighted by Gasteiger charge is -2.07. The smallest absolute Gasteiger partial charge is 0.163 e. The number of nitriles is 1. The SMILES string of the molecule is N#Cc1ccncc1Oc1cc(F)cc(Br)c1. The third-order valence-corrected chi connectivity index (χ3v) is 2.43. The van der Waals surface area contributed by atoms with Gasteiger partial charge in [-0.15, -0.1) is 0 Å². The highest BCUT2D eigenvalue weighted by Gasteiger charge is 2.06. The molecule has 0 fully saturated rings. The molecule has 0 saturated carbocycles. The predicted octanol–water partition coefficient (Wildman–Crippen LogP) is 3.65. The van der Waals surface area contributed by atoms with Crippen molar-refractivity contribution in [3.63, 3.8) is 0 Å². The summed E-state index contributed by atoms with van der Waals surface area (Å²) < 4.78 is 19.1. The molecular weight excluding hydrogens is 287 g/mol. The van der Waals surface area contributed by atoms with E-state index in [9.17, 15) is 4.39 Å². The minimum atomic E-state index is -0.420. The Kier molecular flexibility index (Phi) is 3.35. The van der Waals surface area contributed by atoms with E-state index in [0.29, 0.717) is 21.5 Å². The van der Waals surface area contributed by atoms with Crippen molar-refractivity contribution < 1.29 is 9.13 Å². The molecule has 0 aliphatic carbocycles. The summed E-state index contributed by atoms with van der Waals surface area (Å²) in [5, 5.41) is 8.86. The van der Waals surface area contributed by atoms with Gasteiger partial charge in [0.05, 0.1) is 11.8 Å². The van der Waals surface area contributed by atoms with E-state index in [-0.39, 0.29) is 0 Å². The fourth-order valence-corrected chi connectivity index (χ4v) is 1.71. The fraction of sp³-hybridized carbons (Fsp3) is 0. The van der Waals surface area contributed by atoms with E-state index in [1.54, 1.807) is 6.07 Å². The maximum absolute atomic E-state index is 13.1. The number of pyridine rings is 1. The molecule has 0 N–H and O–H groups in total. The van der Waals surface area contributed by atoms with Gasteiger partial charge in [0.2, 0.25) is 0 Å². The third-order valence-electron chi connectivity index (χ3n) is 1.97. The monoisotopic (exact) mass is 292 g/mol. The van der Waals surface area contributed by atoms with Crippen molar-refractivity contribution in [3.8, 4) is 17.6 Å². The van der Waals surface area contributed by atoms with Crippen molar-refractivity contribution in [2.45, 2.75) is 0 Å². The van der Waals surface area contributed by atoms with Gasteiger partial charge in [-0.2, -0.15) is 5.26 Å². The highest BCUT2D eigenvalue weighted by Crippen LogP contribution is 2.27. The van der Waals surface area contributed by atoms with E-state index >= 15 is 0 Å². The lowest BCUT2D eigenvalue weighted by molar-refractivity contribution is 0.472. The molecule has 1 aromatic carbocycles. The van der Waals surface area contributed by atoms with Gasteiger partial charge in [-0.25, -0.2) is 4.39 Å². The standard InChI is InChI=1S/C12H6BrFN2O/c13-9-3-10(14)5-11(4-9)17-12-7-16-2-1-8(12)6-15/h1-5,7H. The number of benzene rings is 1. The molecule has 5 heteroatoms. The molecule has 1 aromatic heterocycles. The minimum Gasteiger partial charge on any atom is -0.454 e. The molecule has 0 atom stereocenters. The minimum absolute atomic E-state index is 0.299. The molecule has 0 radical (unpaired) electrons. The van der Waals surface area contributed by atoms with Gasteiger partial charge in [0.15, 0.2) is 5.75 Å². The topological polar surface area (TPSA) is 45.9 Å². The summed E-state index contributed by atoms with van der Waals surface area (Å²) in [6.45, 7) is 0. The van der Waals surface area contributed by atoms with Gasteiger partial charge in [0, 0.05) is 16.7 Å². The Hall–Kier alpha value is -1.93. The Balaban J connectivity index is 2.35. The Labute approximate surface area is 106 Å². The first-order chi connectivity index (χ1) is 8.19. The summed E-state index contributed by atoms with van der Waals surface area (Å²) in [6.07, 6.45) is 2.91. The Morgan fingerprint density at radius 1 is 1.35 bits per heavy atom. The van der Waals surface area contributed by atoms with Crippen LogP contribution in [0.15, 0.2) is 41.1 Å². The van der Waals surface area contributed by atoms with Crippen LogP contribution in [0.2, 0.25) is 0 Å². The van der Waals surface area contributed by atoms with Gasteiger partial charge in [0.25, 0.3) is 0 Å². The molecule has 2 aromatic rings. The molecule has 0 saturated heterocycles. The Morgan fingerprint density at radius 2 is 2.18 bits per heavy atom.